The molecular formula is C22H24N4O5. The number of carbonyl (C=O) groups excluding carboxylic acids is 2. The van der Waals surface area contributed by atoms with Crippen LogP contribution in [0.4, 0.5) is 0 Å². The van der Waals surface area contributed by atoms with Crippen LogP contribution in [-0.2, 0) is 16.1 Å². The van der Waals surface area contributed by atoms with Gasteiger partial charge in [-0.05, 0) is 39.0 Å². The number of esters is 1. The lowest BCUT2D eigenvalue weighted by Gasteiger charge is -2.20. The van der Waals surface area contributed by atoms with Crippen LogP contribution in [0.3, 0.4) is 0 Å². The number of likely N-dealkylation sites (N-methyl/N-ethyl adjacent to an activating group) is 1. The maximum Gasteiger partial charge on any atom is 0.338 e. The van der Waals surface area contributed by atoms with Gasteiger partial charge >= 0.3 is 11.7 Å². The molecule has 3 rings (SSSR count). The third-order valence-electron chi connectivity index (χ3n) is 5.05. The van der Waals surface area contributed by atoms with Gasteiger partial charge < -0.3 is 9.64 Å². The predicted molar refractivity (Wildman–Crippen MR) is 116 cm³/mol. The lowest BCUT2D eigenvalue weighted by molar-refractivity contribution is -0.131. The Labute approximate surface area is 178 Å². The SMILES string of the molecule is CCN(CC)C(=O)Cn1c(=O)c2c(C(=O)OC)cc(C)nc2n(-c2ccccc2)c1=O. The maximum absolute atomic E-state index is 13.4. The minimum atomic E-state index is -0.763. The summed E-state index contributed by atoms with van der Waals surface area (Å²) in [4.78, 5) is 57.8. The summed E-state index contributed by atoms with van der Waals surface area (Å²) in [6.07, 6.45) is 0. The first-order valence-electron chi connectivity index (χ1n) is 9.92. The van der Waals surface area contributed by atoms with Gasteiger partial charge in [-0.3, -0.25) is 9.59 Å². The summed E-state index contributed by atoms with van der Waals surface area (Å²) in [5.74, 6) is -1.10. The molecule has 0 aliphatic carbocycles. The number of carbonyl (C=O) groups is 2. The minimum absolute atomic E-state index is 0.0104. The molecule has 9 nitrogen and oxygen atoms in total. The molecule has 0 aliphatic rings. The quantitative estimate of drug-likeness (QED) is 0.556. The van der Waals surface area contributed by atoms with E-state index in [1.165, 1.54) is 22.6 Å². The molecule has 0 unspecified atom stereocenters. The number of pyridine rings is 1. The molecular weight excluding hydrogens is 400 g/mol. The van der Waals surface area contributed by atoms with E-state index in [9.17, 15) is 19.2 Å². The zero-order valence-corrected chi connectivity index (χ0v) is 17.9. The van der Waals surface area contributed by atoms with Crippen molar-refractivity contribution in [3.8, 4) is 5.69 Å². The van der Waals surface area contributed by atoms with E-state index in [0.717, 1.165) is 4.57 Å². The van der Waals surface area contributed by atoms with Crippen molar-refractivity contribution in [1.29, 1.82) is 0 Å². The van der Waals surface area contributed by atoms with Gasteiger partial charge in [-0.25, -0.2) is 23.7 Å². The topological polar surface area (TPSA) is 104 Å². The Morgan fingerprint density at radius 1 is 1.10 bits per heavy atom. The molecule has 1 aromatic carbocycles. The van der Waals surface area contributed by atoms with Gasteiger partial charge in [-0.1, -0.05) is 18.2 Å². The van der Waals surface area contributed by atoms with E-state index >= 15 is 0 Å². The van der Waals surface area contributed by atoms with Gasteiger partial charge in [0.05, 0.1) is 23.7 Å². The number of ether oxygens (including phenoxy) is 1. The van der Waals surface area contributed by atoms with E-state index < -0.39 is 23.8 Å². The highest BCUT2D eigenvalue weighted by Gasteiger charge is 2.24. The second-order valence-electron chi connectivity index (χ2n) is 6.91. The first-order chi connectivity index (χ1) is 14.8. The molecule has 0 saturated heterocycles. The number of amides is 1. The molecule has 0 radical (unpaired) electrons. The van der Waals surface area contributed by atoms with Gasteiger partial charge in [0.1, 0.15) is 6.54 Å². The van der Waals surface area contributed by atoms with Gasteiger partial charge in [0.15, 0.2) is 5.65 Å². The minimum Gasteiger partial charge on any atom is -0.465 e. The number of aryl methyl sites for hydroxylation is 1. The molecule has 0 spiro atoms. The van der Waals surface area contributed by atoms with E-state index in [4.69, 9.17) is 4.74 Å². The average Bonchev–Trinajstić information content (AvgIpc) is 2.77. The molecule has 1 amide bonds. The fourth-order valence-corrected chi connectivity index (χ4v) is 3.49. The number of hydrogen-bond acceptors (Lipinski definition) is 6. The van der Waals surface area contributed by atoms with Crippen LogP contribution >= 0.6 is 0 Å². The molecule has 0 atom stereocenters. The lowest BCUT2D eigenvalue weighted by Crippen LogP contribution is -2.45. The average molecular weight is 424 g/mol. The maximum atomic E-state index is 13.4. The first kappa shape index (κ1) is 21.9. The molecule has 0 aliphatic heterocycles. The summed E-state index contributed by atoms with van der Waals surface area (Å²) in [5, 5.41) is -0.0757. The van der Waals surface area contributed by atoms with E-state index in [1.807, 2.05) is 13.8 Å². The standard InChI is InChI=1S/C22H24N4O5/c1-5-24(6-2)17(27)13-25-20(28)18-16(21(29)31-4)12-14(3)23-19(18)26(22(25)30)15-10-8-7-9-11-15/h7-12H,5-6,13H2,1-4H3. The number of fused-ring (bicyclic) bond motifs is 1. The van der Waals surface area contributed by atoms with Crippen molar-refractivity contribution in [2.75, 3.05) is 20.2 Å². The van der Waals surface area contributed by atoms with E-state index in [0.29, 0.717) is 24.5 Å². The second kappa shape index (κ2) is 8.95. The number of aromatic nitrogens is 3. The molecule has 2 aromatic heterocycles. The monoisotopic (exact) mass is 424 g/mol. The number of para-hydroxylation sites is 1. The van der Waals surface area contributed by atoms with Crippen molar-refractivity contribution in [2.24, 2.45) is 0 Å². The van der Waals surface area contributed by atoms with Crippen molar-refractivity contribution in [3.05, 3.63) is 68.5 Å². The third kappa shape index (κ3) is 3.98. The highest BCUT2D eigenvalue weighted by atomic mass is 16.5. The van der Waals surface area contributed by atoms with Gasteiger partial charge in [0, 0.05) is 18.8 Å². The summed E-state index contributed by atoms with van der Waals surface area (Å²) in [6, 6.07) is 10.1. The predicted octanol–water partition coefficient (Wildman–Crippen LogP) is 1.51. The lowest BCUT2D eigenvalue weighted by atomic mass is 10.1. The van der Waals surface area contributed by atoms with E-state index in [2.05, 4.69) is 4.98 Å². The van der Waals surface area contributed by atoms with Crippen LogP contribution in [0, 0.1) is 6.92 Å². The Hall–Kier alpha value is -3.75. The normalized spacial score (nSPS) is 10.8. The molecule has 0 bridgehead atoms. The summed E-state index contributed by atoms with van der Waals surface area (Å²) >= 11 is 0. The number of benzene rings is 1. The molecule has 9 heteroatoms. The fourth-order valence-electron chi connectivity index (χ4n) is 3.49. The summed E-state index contributed by atoms with van der Waals surface area (Å²) < 4.78 is 6.94. The zero-order valence-electron chi connectivity index (χ0n) is 17.9. The van der Waals surface area contributed by atoms with Crippen LogP contribution in [-0.4, -0.2) is 51.1 Å². The van der Waals surface area contributed by atoms with Crippen LogP contribution in [0.1, 0.15) is 29.9 Å². The Morgan fingerprint density at radius 3 is 2.32 bits per heavy atom. The van der Waals surface area contributed by atoms with Crippen molar-refractivity contribution < 1.29 is 14.3 Å². The number of hydrogen-bond donors (Lipinski definition) is 0. The molecule has 0 fully saturated rings. The van der Waals surface area contributed by atoms with Gasteiger partial charge in [0.2, 0.25) is 5.91 Å². The van der Waals surface area contributed by atoms with Gasteiger partial charge in [-0.15, -0.1) is 0 Å². The Balaban J connectivity index is 2.44. The van der Waals surface area contributed by atoms with Crippen LogP contribution in [0.5, 0.6) is 0 Å². The molecule has 0 saturated carbocycles. The van der Waals surface area contributed by atoms with Gasteiger partial charge in [-0.2, -0.15) is 0 Å². The number of methoxy groups -OCH3 is 1. The van der Waals surface area contributed by atoms with Crippen LogP contribution in [0.2, 0.25) is 0 Å². The summed E-state index contributed by atoms with van der Waals surface area (Å²) in [5.41, 5.74) is -0.556. The Kier molecular flexibility index (Phi) is 6.33. The van der Waals surface area contributed by atoms with Crippen LogP contribution in [0.25, 0.3) is 16.7 Å². The van der Waals surface area contributed by atoms with Crippen LogP contribution < -0.4 is 11.2 Å². The number of rotatable bonds is 6. The van der Waals surface area contributed by atoms with Crippen molar-refractivity contribution in [2.45, 2.75) is 27.3 Å². The highest BCUT2D eigenvalue weighted by Crippen LogP contribution is 2.18. The Bertz CT molecular complexity index is 1260. The molecule has 162 valence electrons. The van der Waals surface area contributed by atoms with Gasteiger partial charge in [0.25, 0.3) is 5.56 Å². The molecule has 2 heterocycles. The highest BCUT2D eigenvalue weighted by molar-refractivity contribution is 6.02. The van der Waals surface area contributed by atoms with E-state index in [1.54, 1.807) is 37.3 Å². The number of nitrogens with zero attached hydrogens (tertiary/aromatic N) is 4. The molecule has 0 N–H and O–H groups in total. The van der Waals surface area contributed by atoms with Crippen molar-refractivity contribution in [3.63, 3.8) is 0 Å². The zero-order chi connectivity index (χ0) is 22.7. The second-order valence-corrected chi connectivity index (χ2v) is 6.91. The van der Waals surface area contributed by atoms with Crippen molar-refractivity contribution >= 4 is 22.9 Å². The smallest absolute Gasteiger partial charge is 0.338 e. The Morgan fingerprint density at radius 2 is 1.74 bits per heavy atom. The fraction of sp³-hybridized carbons (Fsp3) is 0.318. The van der Waals surface area contributed by atoms with Crippen molar-refractivity contribution in [1.82, 2.24) is 19.0 Å². The molecule has 3 aromatic rings. The third-order valence-corrected chi connectivity index (χ3v) is 5.05. The largest absolute Gasteiger partial charge is 0.465 e. The summed E-state index contributed by atoms with van der Waals surface area (Å²) in [6.45, 7) is 5.72. The van der Waals surface area contributed by atoms with E-state index in [-0.39, 0.29) is 22.5 Å². The summed E-state index contributed by atoms with van der Waals surface area (Å²) in [7, 11) is 1.21. The first-order valence-corrected chi connectivity index (χ1v) is 9.92. The van der Waals surface area contributed by atoms with Crippen LogP contribution in [0.15, 0.2) is 46.0 Å². The molecule has 31 heavy (non-hydrogen) atoms.